The number of H-pyrrole nitrogens is 1. The van der Waals surface area contributed by atoms with Crippen LogP contribution in [0.3, 0.4) is 0 Å². The summed E-state index contributed by atoms with van der Waals surface area (Å²) in [5.74, 6) is -0.231. The van der Waals surface area contributed by atoms with Gasteiger partial charge in [-0.2, -0.15) is 13.2 Å². The Bertz CT molecular complexity index is 1020. The number of likely N-dealkylation sites (tertiary alicyclic amines) is 2. The molecule has 3 heterocycles. The van der Waals surface area contributed by atoms with Gasteiger partial charge in [-0.1, -0.05) is 12.1 Å². The Morgan fingerprint density at radius 1 is 1.06 bits per heavy atom. The van der Waals surface area contributed by atoms with Gasteiger partial charge in [-0.3, -0.25) is 9.59 Å². The fraction of sp³-hybridized carbons (Fsp3) is 0.478. The van der Waals surface area contributed by atoms with Crippen molar-refractivity contribution in [2.75, 3.05) is 26.2 Å². The number of aromatic amines is 1. The first-order valence-electron chi connectivity index (χ1n) is 10.7. The second kappa shape index (κ2) is 8.49. The third kappa shape index (κ3) is 4.54. The van der Waals surface area contributed by atoms with E-state index in [2.05, 4.69) is 9.88 Å². The van der Waals surface area contributed by atoms with Crippen LogP contribution in [-0.4, -0.2) is 52.9 Å². The smallest absolute Gasteiger partial charge is 0.337 e. The number of aryl methyl sites for hydroxylation is 1. The zero-order valence-electron chi connectivity index (χ0n) is 17.5. The normalized spacial score (nSPS) is 18.5. The van der Waals surface area contributed by atoms with Gasteiger partial charge in [0.05, 0.1) is 5.56 Å². The summed E-state index contributed by atoms with van der Waals surface area (Å²) >= 11 is 0. The second-order valence-electron chi connectivity index (χ2n) is 8.42. The van der Waals surface area contributed by atoms with Gasteiger partial charge >= 0.3 is 6.18 Å². The van der Waals surface area contributed by atoms with Crippen LogP contribution in [0.2, 0.25) is 0 Å². The van der Waals surface area contributed by atoms with Crippen LogP contribution in [0.15, 0.2) is 35.1 Å². The Labute approximate surface area is 178 Å². The van der Waals surface area contributed by atoms with Crippen LogP contribution < -0.4 is 5.56 Å². The Morgan fingerprint density at radius 3 is 2.39 bits per heavy atom. The number of halogens is 3. The fourth-order valence-corrected chi connectivity index (χ4v) is 4.63. The van der Waals surface area contributed by atoms with Crippen molar-refractivity contribution in [3.8, 4) is 11.1 Å². The van der Waals surface area contributed by atoms with Crippen LogP contribution in [0.5, 0.6) is 0 Å². The first kappa shape index (κ1) is 21.6. The standard InChI is InChI=1S/C23H26F3N3O2/c1-15-13-19(16-5-4-6-17(14-16)23(24,25)26)21(30)27-20(15)22(31)29-11-7-18(8-12-29)28-9-2-3-10-28/h4-6,13-14,18H,2-3,7-12H2,1H3,(H,27,30). The first-order valence-corrected chi connectivity index (χ1v) is 10.7. The third-order valence-electron chi connectivity index (χ3n) is 6.36. The number of rotatable bonds is 3. The van der Waals surface area contributed by atoms with Crippen molar-refractivity contribution in [2.45, 2.75) is 44.8 Å². The molecule has 2 aliphatic heterocycles. The maximum Gasteiger partial charge on any atom is 0.416 e. The minimum Gasteiger partial charge on any atom is -0.337 e. The van der Waals surface area contributed by atoms with E-state index in [-0.39, 0.29) is 22.7 Å². The van der Waals surface area contributed by atoms with Crippen LogP contribution in [0.1, 0.15) is 47.3 Å². The van der Waals surface area contributed by atoms with E-state index in [4.69, 9.17) is 0 Å². The van der Waals surface area contributed by atoms with Crippen molar-refractivity contribution < 1.29 is 18.0 Å². The Balaban J connectivity index is 1.52. The van der Waals surface area contributed by atoms with Gasteiger partial charge in [0.15, 0.2) is 0 Å². The van der Waals surface area contributed by atoms with Crippen molar-refractivity contribution in [1.82, 2.24) is 14.8 Å². The molecule has 2 saturated heterocycles. The summed E-state index contributed by atoms with van der Waals surface area (Å²) in [6.45, 7) is 5.22. The van der Waals surface area contributed by atoms with Gasteiger partial charge in [0.1, 0.15) is 5.69 Å². The molecule has 2 fully saturated rings. The van der Waals surface area contributed by atoms with Gasteiger partial charge in [0.25, 0.3) is 11.5 Å². The summed E-state index contributed by atoms with van der Waals surface area (Å²) in [5.41, 5.74) is -0.347. The fourth-order valence-electron chi connectivity index (χ4n) is 4.63. The molecule has 0 bridgehead atoms. The summed E-state index contributed by atoms with van der Waals surface area (Å²) in [4.78, 5) is 32.6. The number of aromatic nitrogens is 1. The van der Waals surface area contributed by atoms with Gasteiger partial charge in [-0.05, 0) is 75.0 Å². The molecule has 2 aliphatic rings. The number of nitrogens with one attached hydrogen (secondary N) is 1. The number of pyridine rings is 1. The molecule has 0 unspecified atom stereocenters. The van der Waals surface area contributed by atoms with E-state index in [0.29, 0.717) is 24.7 Å². The number of carbonyl (C=O) groups is 1. The number of benzene rings is 1. The number of hydrogen-bond donors (Lipinski definition) is 1. The Morgan fingerprint density at radius 2 is 1.74 bits per heavy atom. The maximum atomic E-state index is 13.0. The highest BCUT2D eigenvalue weighted by Crippen LogP contribution is 2.31. The van der Waals surface area contributed by atoms with Gasteiger partial charge in [-0.25, -0.2) is 0 Å². The average molecular weight is 433 g/mol. The van der Waals surface area contributed by atoms with E-state index < -0.39 is 17.3 Å². The topological polar surface area (TPSA) is 56.4 Å². The summed E-state index contributed by atoms with van der Waals surface area (Å²) in [6.07, 6.45) is -0.195. The van der Waals surface area contributed by atoms with Crippen LogP contribution >= 0.6 is 0 Å². The molecule has 5 nitrogen and oxygen atoms in total. The van der Waals surface area contributed by atoms with E-state index in [1.807, 2.05) is 0 Å². The van der Waals surface area contributed by atoms with Gasteiger partial charge in [0, 0.05) is 24.7 Å². The second-order valence-corrected chi connectivity index (χ2v) is 8.42. The number of alkyl halides is 3. The van der Waals surface area contributed by atoms with Crippen molar-refractivity contribution in [3.63, 3.8) is 0 Å². The van der Waals surface area contributed by atoms with Gasteiger partial charge < -0.3 is 14.8 Å². The van der Waals surface area contributed by atoms with Crippen LogP contribution in [0, 0.1) is 6.92 Å². The largest absolute Gasteiger partial charge is 0.416 e. The first-order chi connectivity index (χ1) is 14.7. The molecule has 1 aromatic heterocycles. The van der Waals surface area contributed by atoms with E-state index in [1.54, 1.807) is 11.8 Å². The Kier molecular flexibility index (Phi) is 5.92. The minimum atomic E-state index is -4.49. The molecule has 0 aliphatic carbocycles. The molecule has 0 radical (unpaired) electrons. The molecular formula is C23H26F3N3O2. The molecule has 1 aromatic carbocycles. The number of hydrogen-bond acceptors (Lipinski definition) is 3. The lowest BCUT2D eigenvalue weighted by Gasteiger charge is -2.36. The predicted octanol–water partition coefficient (Wildman–Crippen LogP) is 4.07. The van der Waals surface area contributed by atoms with E-state index in [0.717, 1.165) is 38.1 Å². The Hall–Kier alpha value is -2.61. The van der Waals surface area contributed by atoms with E-state index >= 15 is 0 Å². The molecule has 0 atom stereocenters. The summed E-state index contributed by atoms with van der Waals surface area (Å²) in [6, 6.07) is 6.66. The zero-order chi connectivity index (χ0) is 22.2. The van der Waals surface area contributed by atoms with Crippen LogP contribution in [0.4, 0.5) is 13.2 Å². The molecule has 2 aromatic rings. The van der Waals surface area contributed by atoms with Crippen molar-refractivity contribution in [1.29, 1.82) is 0 Å². The highest BCUT2D eigenvalue weighted by Gasteiger charge is 2.31. The lowest BCUT2D eigenvalue weighted by molar-refractivity contribution is -0.137. The molecule has 1 N–H and O–H groups in total. The highest BCUT2D eigenvalue weighted by molar-refractivity contribution is 5.94. The number of nitrogens with zero attached hydrogens (tertiary/aromatic N) is 2. The highest BCUT2D eigenvalue weighted by atomic mass is 19.4. The molecule has 31 heavy (non-hydrogen) atoms. The molecule has 8 heteroatoms. The maximum absolute atomic E-state index is 13.0. The lowest BCUT2D eigenvalue weighted by atomic mass is 10.0. The lowest BCUT2D eigenvalue weighted by Crippen LogP contribution is -2.46. The van der Waals surface area contributed by atoms with Crippen LogP contribution in [-0.2, 0) is 6.18 Å². The summed E-state index contributed by atoms with van der Waals surface area (Å²) in [5, 5.41) is 0. The van der Waals surface area contributed by atoms with Gasteiger partial charge in [-0.15, -0.1) is 0 Å². The quantitative estimate of drug-likeness (QED) is 0.794. The van der Waals surface area contributed by atoms with Crippen molar-refractivity contribution in [3.05, 3.63) is 57.5 Å². The summed E-state index contributed by atoms with van der Waals surface area (Å²) in [7, 11) is 0. The predicted molar refractivity (Wildman–Crippen MR) is 112 cm³/mol. The molecule has 0 saturated carbocycles. The molecule has 1 amide bonds. The minimum absolute atomic E-state index is 0.118. The average Bonchev–Trinajstić information content (AvgIpc) is 3.29. The molecule has 4 rings (SSSR count). The van der Waals surface area contributed by atoms with Crippen molar-refractivity contribution in [2.24, 2.45) is 0 Å². The number of carbonyl (C=O) groups excluding carboxylic acids is 1. The molecule has 0 spiro atoms. The molecule has 166 valence electrons. The zero-order valence-corrected chi connectivity index (χ0v) is 17.5. The van der Waals surface area contributed by atoms with E-state index in [1.165, 1.54) is 31.0 Å². The molecular weight excluding hydrogens is 407 g/mol. The van der Waals surface area contributed by atoms with Gasteiger partial charge in [0.2, 0.25) is 0 Å². The SMILES string of the molecule is Cc1cc(-c2cccc(C(F)(F)F)c2)c(=O)[nH]c1C(=O)N1CCC(N2CCCC2)CC1. The number of piperidine rings is 1. The number of amides is 1. The van der Waals surface area contributed by atoms with E-state index in [9.17, 15) is 22.8 Å². The third-order valence-corrected chi connectivity index (χ3v) is 6.36. The van der Waals surface area contributed by atoms with Crippen molar-refractivity contribution >= 4 is 5.91 Å². The monoisotopic (exact) mass is 433 g/mol. The summed E-state index contributed by atoms with van der Waals surface area (Å²) < 4.78 is 39.1. The van der Waals surface area contributed by atoms with Crippen LogP contribution in [0.25, 0.3) is 11.1 Å².